The van der Waals surface area contributed by atoms with E-state index in [1.807, 2.05) is 42.5 Å². The fourth-order valence-corrected chi connectivity index (χ4v) is 2.14. The van der Waals surface area contributed by atoms with Crippen LogP contribution in [-0.4, -0.2) is 5.71 Å². The van der Waals surface area contributed by atoms with Gasteiger partial charge in [-0.15, -0.1) is 0 Å². The minimum absolute atomic E-state index is 0.540. The van der Waals surface area contributed by atoms with Crippen LogP contribution in [0.2, 0.25) is 0 Å². The maximum absolute atomic E-state index is 8.07. The second-order valence-corrected chi connectivity index (χ2v) is 3.69. The Kier molecular flexibility index (Phi) is 1.48. The molecule has 15 heavy (non-hydrogen) atoms. The van der Waals surface area contributed by atoms with Gasteiger partial charge in [-0.1, -0.05) is 36.4 Å². The molecule has 2 aromatic carbocycles. The molecule has 0 bridgehead atoms. The molecule has 2 aromatic rings. The van der Waals surface area contributed by atoms with Crippen LogP contribution in [0.4, 0.5) is 5.69 Å². The van der Waals surface area contributed by atoms with Crippen LogP contribution in [0.1, 0.15) is 11.1 Å². The van der Waals surface area contributed by atoms with Crippen LogP contribution >= 0.6 is 0 Å². The van der Waals surface area contributed by atoms with E-state index < -0.39 is 0 Å². The van der Waals surface area contributed by atoms with Crippen molar-refractivity contribution < 1.29 is 0 Å². The summed E-state index contributed by atoms with van der Waals surface area (Å²) in [5.41, 5.74) is 11.2. The number of nitrogen functional groups attached to an aromatic ring is 1. The molecule has 72 valence electrons. The second-order valence-electron chi connectivity index (χ2n) is 3.69. The summed E-state index contributed by atoms with van der Waals surface area (Å²) in [4.78, 5) is 0. The second kappa shape index (κ2) is 2.70. The molecule has 3 N–H and O–H groups in total. The van der Waals surface area contributed by atoms with Crippen LogP contribution in [0.15, 0.2) is 42.5 Å². The molecule has 0 atom stereocenters. The highest BCUT2D eigenvalue weighted by molar-refractivity contribution is 6.25. The average Bonchev–Trinajstić information content (AvgIpc) is 2.55. The van der Waals surface area contributed by atoms with E-state index in [2.05, 4.69) is 0 Å². The van der Waals surface area contributed by atoms with Crippen molar-refractivity contribution >= 4 is 11.4 Å². The van der Waals surface area contributed by atoms with Gasteiger partial charge < -0.3 is 5.73 Å². The molecule has 3 rings (SSSR count). The van der Waals surface area contributed by atoms with Gasteiger partial charge in [0.2, 0.25) is 0 Å². The van der Waals surface area contributed by atoms with Crippen molar-refractivity contribution in [2.45, 2.75) is 0 Å². The van der Waals surface area contributed by atoms with E-state index in [1.54, 1.807) is 0 Å². The molecule has 0 amide bonds. The smallest absolute Gasteiger partial charge is 0.0717 e. The zero-order valence-corrected chi connectivity index (χ0v) is 8.12. The summed E-state index contributed by atoms with van der Waals surface area (Å²) in [6, 6.07) is 13.8. The lowest BCUT2D eigenvalue weighted by molar-refractivity contribution is 1.50. The Hall–Kier alpha value is -2.09. The van der Waals surface area contributed by atoms with Crippen LogP contribution < -0.4 is 5.73 Å². The molecular formula is C13H10N2. The summed E-state index contributed by atoms with van der Waals surface area (Å²) < 4.78 is 0. The molecule has 0 heterocycles. The van der Waals surface area contributed by atoms with Crippen molar-refractivity contribution in [2.75, 3.05) is 5.73 Å². The molecule has 1 aliphatic rings. The first-order valence-electron chi connectivity index (χ1n) is 4.86. The minimum Gasteiger partial charge on any atom is -0.398 e. The standard InChI is InChI=1S/C13H10N2/c14-11-7-3-6-9-8-4-1-2-5-10(8)13(15)12(9)11/h1-7,15H,14H2. The van der Waals surface area contributed by atoms with Gasteiger partial charge in [-0.25, -0.2) is 0 Å². The molecule has 0 radical (unpaired) electrons. The largest absolute Gasteiger partial charge is 0.398 e. The first-order valence-corrected chi connectivity index (χ1v) is 4.86. The van der Waals surface area contributed by atoms with Gasteiger partial charge in [-0.3, -0.25) is 5.41 Å². The van der Waals surface area contributed by atoms with Crippen LogP contribution in [0.3, 0.4) is 0 Å². The Labute approximate surface area is 87.9 Å². The summed E-state index contributed by atoms with van der Waals surface area (Å²) in [5, 5.41) is 8.07. The van der Waals surface area contributed by atoms with Crippen LogP contribution in [0, 0.1) is 5.41 Å². The number of nitrogens with two attached hydrogens (primary N) is 1. The van der Waals surface area contributed by atoms with Crippen LogP contribution in [0.25, 0.3) is 11.1 Å². The number of anilines is 1. The van der Waals surface area contributed by atoms with E-state index in [0.717, 1.165) is 22.3 Å². The Balaban J connectivity index is 2.43. The maximum Gasteiger partial charge on any atom is 0.0717 e. The maximum atomic E-state index is 8.07. The van der Waals surface area contributed by atoms with Gasteiger partial charge in [-0.2, -0.15) is 0 Å². The number of hydrogen-bond acceptors (Lipinski definition) is 2. The Morgan fingerprint density at radius 3 is 2.27 bits per heavy atom. The third-order valence-corrected chi connectivity index (χ3v) is 2.83. The van der Waals surface area contributed by atoms with Crippen LogP contribution in [0.5, 0.6) is 0 Å². The predicted octanol–water partition coefficient (Wildman–Crippen LogP) is 2.67. The predicted molar refractivity (Wildman–Crippen MR) is 62.2 cm³/mol. The first-order chi connectivity index (χ1) is 7.29. The van der Waals surface area contributed by atoms with E-state index in [1.165, 1.54) is 0 Å². The average molecular weight is 194 g/mol. The highest BCUT2D eigenvalue weighted by Crippen LogP contribution is 2.38. The highest BCUT2D eigenvalue weighted by atomic mass is 14.6. The molecule has 0 saturated carbocycles. The van der Waals surface area contributed by atoms with E-state index in [9.17, 15) is 0 Å². The van der Waals surface area contributed by atoms with Gasteiger partial charge in [0.25, 0.3) is 0 Å². The van der Waals surface area contributed by atoms with E-state index >= 15 is 0 Å². The zero-order valence-electron chi connectivity index (χ0n) is 8.12. The third-order valence-electron chi connectivity index (χ3n) is 2.83. The first kappa shape index (κ1) is 8.24. The monoisotopic (exact) mass is 194 g/mol. The summed E-state index contributed by atoms with van der Waals surface area (Å²) in [5.74, 6) is 0. The van der Waals surface area contributed by atoms with Gasteiger partial charge in [0.1, 0.15) is 0 Å². The molecule has 0 aliphatic heterocycles. The molecule has 1 aliphatic carbocycles. The molecule has 0 spiro atoms. The quantitative estimate of drug-likeness (QED) is 0.531. The summed E-state index contributed by atoms with van der Waals surface area (Å²) in [6.07, 6.45) is 0. The normalized spacial score (nSPS) is 12.4. The Morgan fingerprint density at radius 1 is 0.800 bits per heavy atom. The lowest BCUT2D eigenvalue weighted by atomic mass is 10.1. The number of nitrogens with one attached hydrogen (secondary N) is 1. The molecule has 0 aromatic heterocycles. The van der Waals surface area contributed by atoms with Crippen molar-refractivity contribution in [1.82, 2.24) is 0 Å². The van der Waals surface area contributed by atoms with Gasteiger partial charge in [0.15, 0.2) is 0 Å². The van der Waals surface area contributed by atoms with Crippen molar-refractivity contribution in [3.8, 4) is 11.1 Å². The highest BCUT2D eigenvalue weighted by Gasteiger charge is 2.24. The lowest BCUT2D eigenvalue weighted by Crippen LogP contribution is -2.00. The molecule has 0 fully saturated rings. The Bertz CT molecular complexity index is 570. The number of fused-ring (bicyclic) bond motifs is 3. The molecule has 2 heteroatoms. The molecule has 0 saturated heterocycles. The van der Waals surface area contributed by atoms with E-state index in [0.29, 0.717) is 11.4 Å². The number of rotatable bonds is 0. The Morgan fingerprint density at radius 2 is 1.47 bits per heavy atom. The van der Waals surface area contributed by atoms with E-state index in [4.69, 9.17) is 11.1 Å². The van der Waals surface area contributed by atoms with Gasteiger partial charge in [0.05, 0.1) is 5.71 Å². The summed E-state index contributed by atoms with van der Waals surface area (Å²) in [7, 11) is 0. The van der Waals surface area contributed by atoms with E-state index in [-0.39, 0.29) is 0 Å². The zero-order chi connectivity index (χ0) is 10.4. The number of benzene rings is 2. The fraction of sp³-hybridized carbons (Fsp3) is 0. The fourth-order valence-electron chi connectivity index (χ4n) is 2.14. The minimum atomic E-state index is 0.540. The summed E-state index contributed by atoms with van der Waals surface area (Å²) in [6.45, 7) is 0. The van der Waals surface area contributed by atoms with Gasteiger partial charge >= 0.3 is 0 Å². The van der Waals surface area contributed by atoms with Crippen molar-refractivity contribution in [1.29, 1.82) is 5.41 Å². The summed E-state index contributed by atoms with van der Waals surface area (Å²) >= 11 is 0. The SMILES string of the molecule is N=C1c2ccccc2-c2cccc(N)c21. The molecule has 2 nitrogen and oxygen atoms in total. The van der Waals surface area contributed by atoms with Crippen LogP contribution in [-0.2, 0) is 0 Å². The number of hydrogen-bond donors (Lipinski definition) is 2. The van der Waals surface area contributed by atoms with Crippen molar-refractivity contribution in [2.24, 2.45) is 0 Å². The lowest BCUT2D eigenvalue weighted by Gasteiger charge is -2.02. The van der Waals surface area contributed by atoms with Gasteiger partial charge in [-0.05, 0) is 17.2 Å². The molecular weight excluding hydrogens is 184 g/mol. The van der Waals surface area contributed by atoms with Gasteiger partial charge in [0, 0.05) is 16.8 Å². The topological polar surface area (TPSA) is 49.9 Å². The third kappa shape index (κ3) is 0.960. The van der Waals surface area contributed by atoms with Crippen molar-refractivity contribution in [3.63, 3.8) is 0 Å². The molecule has 0 unspecified atom stereocenters. The van der Waals surface area contributed by atoms with Crippen molar-refractivity contribution in [3.05, 3.63) is 53.6 Å².